The molecule has 0 unspecified atom stereocenters. The van der Waals surface area contributed by atoms with Crippen molar-refractivity contribution in [1.82, 2.24) is 10.2 Å². The lowest BCUT2D eigenvalue weighted by atomic mass is 9.95. The number of carboxylic acid groups (broad SMARTS) is 1. The number of carbonyl (C=O) groups is 2. The minimum atomic E-state index is -1.01. The molecule has 3 N–H and O–H groups in total. The quantitative estimate of drug-likeness (QED) is 0.778. The van der Waals surface area contributed by atoms with Crippen LogP contribution in [0.5, 0.6) is 0 Å². The molecular weight excluding hydrogens is 288 g/mol. The van der Waals surface area contributed by atoms with Gasteiger partial charge in [-0.25, -0.2) is 9.59 Å². The molecule has 0 radical (unpaired) electrons. The van der Waals surface area contributed by atoms with Gasteiger partial charge in [-0.2, -0.15) is 0 Å². The summed E-state index contributed by atoms with van der Waals surface area (Å²) in [4.78, 5) is 23.8. The number of hydrogen-bond donors (Lipinski definition) is 3. The van der Waals surface area contributed by atoms with Crippen molar-refractivity contribution in [1.29, 1.82) is 0 Å². The second-order valence-corrected chi connectivity index (χ2v) is 5.29. The molecule has 0 spiro atoms. The fraction of sp³-hybridized carbons (Fsp3) is 0.467. The number of ether oxygens (including phenoxy) is 1. The van der Waals surface area contributed by atoms with Crippen molar-refractivity contribution in [2.75, 3.05) is 19.6 Å². The Kier molecular flexibility index (Phi) is 5.60. The molecule has 0 bridgehead atoms. The number of likely N-dealkylation sites (tertiary alicyclic amines) is 1. The maximum Gasteiger partial charge on any atom is 0.407 e. The van der Waals surface area contributed by atoms with Crippen LogP contribution in [0.3, 0.4) is 0 Å². The SMILES string of the molecule is O=C(NC[C@@H]1CN(C(=O)O)CC[C@@H]1O)OCc1ccccc1. The minimum Gasteiger partial charge on any atom is -0.465 e. The zero-order chi connectivity index (χ0) is 15.9. The van der Waals surface area contributed by atoms with E-state index in [9.17, 15) is 14.7 Å². The van der Waals surface area contributed by atoms with Gasteiger partial charge in [-0.3, -0.25) is 0 Å². The summed E-state index contributed by atoms with van der Waals surface area (Å²) in [6.07, 6.45) is -1.84. The molecule has 1 saturated heterocycles. The monoisotopic (exact) mass is 308 g/mol. The fourth-order valence-corrected chi connectivity index (χ4v) is 2.38. The van der Waals surface area contributed by atoms with Crippen LogP contribution in [0.15, 0.2) is 30.3 Å². The summed E-state index contributed by atoms with van der Waals surface area (Å²) < 4.78 is 5.07. The van der Waals surface area contributed by atoms with Crippen molar-refractivity contribution >= 4 is 12.2 Å². The van der Waals surface area contributed by atoms with Gasteiger partial charge in [0.1, 0.15) is 6.61 Å². The number of alkyl carbamates (subject to hydrolysis) is 1. The largest absolute Gasteiger partial charge is 0.465 e. The lowest BCUT2D eigenvalue weighted by Crippen LogP contribution is -2.49. The Morgan fingerprint density at radius 1 is 1.32 bits per heavy atom. The van der Waals surface area contributed by atoms with Gasteiger partial charge < -0.3 is 25.2 Å². The number of nitrogens with one attached hydrogen (secondary N) is 1. The molecule has 1 aromatic carbocycles. The molecule has 2 rings (SSSR count). The highest BCUT2D eigenvalue weighted by atomic mass is 16.5. The van der Waals surface area contributed by atoms with Crippen molar-refractivity contribution in [3.8, 4) is 0 Å². The predicted molar refractivity (Wildman–Crippen MR) is 78.3 cm³/mol. The summed E-state index contributed by atoms with van der Waals surface area (Å²) in [6, 6.07) is 9.29. The number of amides is 2. The van der Waals surface area contributed by atoms with E-state index in [1.807, 2.05) is 30.3 Å². The number of aliphatic hydroxyl groups excluding tert-OH is 1. The van der Waals surface area contributed by atoms with E-state index in [1.165, 1.54) is 4.90 Å². The minimum absolute atomic E-state index is 0.168. The third-order valence-corrected chi connectivity index (χ3v) is 3.69. The number of aliphatic hydroxyl groups is 1. The average molecular weight is 308 g/mol. The van der Waals surface area contributed by atoms with E-state index in [1.54, 1.807) is 0 Å². The van der Waals surface area contributed by atoms with Crippen LogP contribution in [0, 0.1) is 5.92 Å². The third-order valence-electron chi connectivity index (χ3n) is 3.69. The van der Waals surface area contributed by atoms with E-state index < -0.39 is 18.3 Å². The molecule has 1 aliphatic heterocycles. The Labute approximate surface area is 128 Å². The normalized spacial score (nSPS) is 21.2. The molecule has 7 nitrogen and oxygen atoms in total. The molecule has 120 valence electrons. The van der Waals surface area contributed by atoms with Crippen LogP contribution in [-0.2, 0) is 11.3 Å². The van der Waals surface area contributed by atoms with E-state index in [0.717, 1.165) is 5.56 Å². The van der Waals surface area contributed by atoms with Crippen molar-refractivity contribution in [2.45, 2.75) is 19.1 Å². The maximum atomic E-state index is 11.6. The molecule has 7 heteroatoms. The van der Waals surface area contributed by atoms with Gasteiger partial charge in [0, 0.05) is 25.6 Å². The number of benzene rings is 1. The van der Waals surface area contributed by atoms with Gasteiger partial charge in [0.05, 0.1) is 6.10 Å². The van der Waals surface area contributed by atoms with Crippen LogP contribution < -0.4 is 5.32 Å². The average Bonchev–Trinajstić information content (AvgIpc) is 2.53. The molecule has 1 aliphatic rings. The van der Waals surface area contributed by atoms with E-state index in [4.69, 9.17) is 9.84 Å². The molecule has 1 heterocycles. The zero-order valence-corrected chi connectivity index (χ0v) is 12.1. The van der Waals surface area contributed by atoms with Crippen LogP contribution in [0.2, 0.25) is 0 Å². The van der Waals surface area contributed by atoms with Gasteiger partial charge in [0.25, 0.3) is 0 Å². The lowest BCUT2D eigenvalue weighted by Gasteiger charge is -2.34. The van der Waals surface area contributed by atoms with Crippen molar-refractivity contribution < 1.29 is 24.5 Å². The Bertz CT molecular complexity index is 508. The highest BCUT2D eigenvalue weighted by Crippen LogP contribution is 2.16. The highest BCUT2D eigenvalue weighted by molar-refractivity contribution is 5.67. The van der Waals surface area contributed by atoms with Gasteiger partial charge in [0.15, 0.2) is 0 Å². The maximum absolute atomic E-state index is 11.6. The molecule has 1 aromatic rings. The van der Waals surface area contributed by atoms with Gasteiger partial charge in [-0.05, 0) is 12.0 Å². The number of piperidine rings is 1. The summed E-state index contributed by atoms with van der Waals surface area (Å²) in [5, 5.41) is 21.4. The van der Waals surface area contributed by atoms with E-state index >= 15 is 0 Å². The molecule has 2 amide bonds. The van der Waals surface area contributed by atoms with Crippen LogP contribution >= 0.6 is 0 Å². The van der Waals surface area contributed by atoms with Crippen molar-refractivity contribution in [2.24, 2.45) is 5.92 Å². The van der Waals surface area contributed by atoms with E-state index in [2.05, 4.69) is 5.32 Å². The first-order chi connectivity index (χ1) is 10.6. The molecule has 0 aromatic heterocycles. The molecule has 1 fully saturated rings. The molecule has 2 atom stereocenters. The predicted octanol–water partition coefficient (Wildman–Crippen LogP) is 1.27. The summed E-state index contributed by atoms with van der Waals surface area (Å²) in [6.45, 7) is 0.862. The van der Waals surface area contributed by atoms with Crippen LogP contribution in [0.25, 0.3) is 0 Å². The van der Waals surface area contributed by atoms with Gasteiger partial charge in [-0.15, -0.1) is 0 Å². The molecule has 0 aliphatic carbocycles. The topological polar surface area (TPSA) is 99.1 Å². The Morgan fingerprint density at radius 3 is 2.73 bits per heavy atom. The zero-order valence-electron chi connectivity index (χ0n) is 12.1. The second-order valence-electron chi connectivity index (χ2n) is 5.29. The third kappa shape index (κ3) is 4.63. The first kappa shape index (κ1) is 16.1. The van der Waals surface area contributed by atoms with Gasteiger partial charge in [0.2, 0.25) is 0 Å². The number of hydrogen-bond acceptors (Lipinski definition) is 4. The summed E-state index contributed by atoms with van der Waals surface area (Å²) in [5.74, 6) is -0.325. The lowest BCUT2D eigenvalue weighted by molar-refractivity contribution is 0.0293. The smallest absolute Gasteiger partial charge is 0.407 e. The van der Waals surface area contributed by atoms with Crippen LogP contribution in [0.4, 0.5) is 9.59 Å². The van der Waals surface area contributed by atoms with Crippen LogP contribution in [0.1, 0.15) is 12.0 Å². The van der Waals surface area contributed by atoms with Crippen LogP contribution in [-0.4, -0.2) is 53.0 Å². The molecular formula is C15H20N2O5. The number of nitrogens with zero attached hydrogens (tertiary/aromatic N) is 1. The number of rotatable bonds is 4. The highest BCUT2D eigenvalue weighted by Gasteiger charge is 2.30. The Balaban J connectivity index is 1.74. The first-order valence-electron chi connectivity index (χ1n) is 7.16. The summed E-state index contributed by atoms with van der Waals surface area (Å²) in [5.41, 5.74) is 0.882. The summed E-state index contributed by atoms with van der Waals surface area (Å²) >= 11 is 0. The van der Waals surface area contributed by atoms with E-state index in [-0.39, 0.29) is 25.6 Å². The van der Waals surface area contributed by atoms with Crippen molar-refractivity contribution in [3.63, 3.8) is 0 Å². The van der Waals surface area contributed by atoms with Gasteiger partial charge in [-0.1, -0.05) is 30.3 Å². The standard InChI is InChI=1S/C15H20N2O5/c18-13-6-7-17(15(20)21)9-12(13)8-16-14(19)22-10-11-4-2-1-3-5-11/h1-5,12-13,18H,6-10H2,(H,16,19)(H,20,21)/t12-,13+/m1/s1. The molecule has 0 saturated carbocycles. The Morgan fingerprint density at radius 2 is 2.05 bits per heavy atom. The Hall–Kier alpha value is -2.28. The number of carbonyl (C=O) groups excluding carboxylic acids is 1. The fourth-order valence-electron chi connectivity index (χ4n) is 2.38. The first-order valence-corrected chi connectivity index (χ1v) is 7.16. The van der Waals surface area contributed by atoms with E-state index in [0.29, 0.717) is 13.0 Å². The summed E-state index contributed by atoms with van der Waals surface area (Å²) in [7, 11) is 0. The second kappa shape index (κ2) is 7.65. The van der Waals surface area contributed by atoms with Gasteiger partial charge >= 0.3 is 12.2 Å². The molecule has 22 heavy (non-hydrogen) atoms. The van der Waals surface area contributed by atoms with Crippen molar-refractivity contribution in [3.05, 3.63) is 35.9 Å².